The molecule has 32 heavy (non-hydrogen) atoms. The number of anilines is 1. The van der Waals surface area contributed by atoms with Crippen molar-refractivity contribution in [2.24, 2.45) is 0 Å². The lowest BCUT2D eigenvalue weighted by Gasteiger charge is -2.18. The van der Waals surface area contributed by atoms with E-state index in [0.717, 1.165) is 18.3 Å². The number of aromatic nitrogens is 4. The average molecular weight is 444 g/mol. The van der Waals surface area contributed by atoms with Crippen molar-refractivity contribution in [1.82, 2.24) is 24.3 Å². The Kier molecular flexibility index (Phi) is 4.50. The molecular weight excluding hydrogens is 428 g/mol. The summed E-state index contributed by atoms with van der Waals surface area (Å²) in [6.45, 7) is 0.569. The minimum Gasteiger partial charge on any atom is -0.382 e. The van der Waals surface area contributed by atoms with Crippen LogP contribution in [-0.2, 0) is 6.18 Å². The minimum absolute atomic E-state index is 0.125. The number of nitrogen functional groups attached to an aromatic ring is 1. The maximum absolute atomic E-state index is 14.8. The maximum Gasteiger partial charge on any atom is 0.417 e. The van der Waals surface area contributed by atoms with Crippen LogP contribution in [-0.4, -0.2) is 43.2 Å². The summed E-state index contributed by atoms with van der Waals surface area (Å²) in [5.74, 6) is -1.28. The number of amides is 1. The van der Waals surface area contributed by atoms with Crippen molar-refractivity contribution in [2.75, 3.05) is 18.8 Å². The van der Waals surface area contributed by atoms with Crippen LogP contribution in [0.3, 0.4) is 0 Å². The molecule has 1 unspecified atom stereocenters. The van der Waals surface area contributed by atoms with Crippen molar-refractivity contribution < 1.29 is 22.4 Å². The summed E-state index contributed by atoms with van der Waals surface area (Å²) in [5, 5.41) is 0. The molecule has 0 saturated carbocycles. The number of nitrogens with two attached hydrogens (primary N) is 1. The molecule has 7 nitrogen and oxygen atoms in total. The molecule has 1 saturated heterocycles. The molecule has 4 heterocycles. The molecule has 1 aromatic carbocycles. The quantitative estimate of drug-likeness (QED) is 0.477. The predicted molar refractivity (Wildman–Crippen MR) is 107 cm³/mol. The van der Waals surface area contributed by atoms with Crippen LogP contribution in [0, 0.1) is 5.82 Å². The summed E-state index contributed by atoms with van der Waals surface area (Å²) < 4.78 is 54.7. The monoisotopic (exact) mass is 444 g/mol. The van der Waals surface area contributed by atoms with Crippen molar-refractivity contribution in [3.05, 3.63) is 65.6 Å². The van der Waals surface area contributed by atoms with E-state index in [-0.39, 0.29) is 29.4 Å². The van der Waals surface area contributed by atoms with Crippen LogP contribution in [0.25, 0.3) is 16.6 Å². The molecule has 1 aliphatic rings. The fourth-order valence-electron chi connectivity index (χ4n) is 4.03. The lowest BCUT2D eigenvalue weighted by molar-refractivity contribution is -0.137. The number of nitrogens with zero attached hydrogens (tertiary/aromatic N) is 5. The first kappa shape index (κ1) is 20.2. The molecule has 0 spiro atoms. The van der Waals surface area contributed by atoms with E-state index in [4.69, 9.17) is 5.73 Å². The molecule has 0 aliphatic carbocycles. The molecule has 11 heteroatoms. The van der Waals surface area contributed by atoms with Gasteiger partial charge in [0.25, 0.3) is 5.91 Å². The molecule has 164 valence electrons. The van der Waals surface area contributed by atoms with Crippen LogP contribution in [0.2, 0.25) is 0 Å². The smallest absolute Gasteiger partial charge is 0.382 e. The number of hydrogen-bond donors (Lipinski definition) is 1. The van der Waals surface area contributed by atoms with Crippen LogP contribution in [0.4, 0.5) is 23.4 Å². The second kappa shape index (κ2) is 7.14. The van der Waals surface area contributed by atoms with Gasteiger partial charge in [0.15, 0.2) is 0 Å². The third-order valence-corrected chi connectivity index (χ3v) is 5.70. The third-order valence-electron chi connectivity index (χ3n) is 5.70. The van der Waals surface area contributed by atoms with E-state index in [1.54, 1.807) is 4.40 Å². The first-order chi connectivity index (χ1) is 15.2. The maximum atomic E-state index is 14.8. The summed E-state index contributed by atoms with van der Waals surface area (Å²) >= 11 is 0. The number of likely N-dealkylation sites (tertiary alicyclic amines) is 1. The molecule has 2 N–H and O–H groups in total. The van der Waals surface area contributed by atoms with Crippen molar-refractivity contribution in [1.29, 1.82) is 0 Å². The van der Waals surface area contributed by atoms with E-state index in [2.05, 4.69) is 15.0 Å². The SMILES string of the molecule is Nc1nc2cc(F)c(C(=O)N3CCC(c4ccc(C(F)(F)F)cn4)C3)cc2n2cncc12. The minimum atomic E-state index is -4.46. The number of carbonyl (C=O) groups excluding carboxylic acids is 1. The Morgan fingerprint density at radius 1 is 1.16 bits per heavy atom. The van der Waals surface area contributed by atoms with Crippen molar-refractivity contribution in [2.45, 2.75) is 18.5 Å². The van der Waals surface area contributed by atoms with Crippen molar-refractivity contribution >= 4 is 28.3 Å². The van der Waals surface area contributed by atoms with Crippen LogP contribution in [0.1, 0.15) is 34.0 Å². The van der Waals surface area contributed by atoms with Crippen LogP contribution in [0.5, 0.6) is 0 Å². The van der Waals surface area contributed by atoms with Gasteiger partial charge >= 0.3 is 6.18 Å². The first-order valence-electron chi connectivity index (χ1n) is 9.75. The highest BCUT2D eigenvalue weighted by atomic mass is 19.4. The van der Waals surface area contributed by atoms with Gasteiger partial charge in [-0.2, -0.15) is 13.2 Å². The van der Waals surface area contributed by atoms with E-state index >= 15 is 0 Å². The van der Waals surface area contributed by atoms with E-state index in [9.17, 15) is 22.4 Å². The fourth-order valence-corrected chi connectivity index (χ4v) is 4.03. The molecule has 1 fully saturated rings. The zero-order chi connectivity index (χ0) is 22.6. The molecule has 0 radical (unpaired) electrons. The van der Waals surface area contributed by atoms with Crippen molar-refractivity contribution in [3.63, 3.8) is 0 Å². The van der Waals surface area contributed by atoms with E-state index in [1.807, 2.05) is 0 Å². The number of hydrogen-bond acceptors (Lipinski definition) is 5. The second-order valence-corrected chi connectivity index (χ2v) is 7.67. The summed E-state index contributed by atoms with van der Waals surface area (Å²) in [7, 11) is 0. The second-order valence-electron chi connectivity index (χ2n) is 7.67. The first-order valence-corrected chi connectivity index (χ1v) is 9.75. The Morgan fingerprint density at radius 2 is 1.97 bits per heavy atom. The predicted octanol–water partition coefficient (Wildman–Crippen LogP) is 3.65. The van der Waals surface area contributed by atoms with Gasteiger partial charge in [0.1, 0.15) is 17.2 Å². The van der Waals surface area contributed by atoms with E-state index in [1.165, 1.54) is 29.6 Å². The van der Waals surface area contributed by atoms with Crippen LogP contribution >= 0.6 is 0 Å². The van der Waals surface area contributed by atoms with Crippen LogP contribution in [0.15, 0.2) is 43.0 Å². The van der Waals surface area contributed by atoms with Gasteiger partial charge in [-0.15, -0.1) is 0 Å². The number of benzene rings is 1. The summed E-state index contributed by atoms with van der Waals surface area (Å²) in [6, 6.07) is 4.87. The number of alkyl halides is 3. The van der Waals surface area contributed by atoms with Gasteiger partial charge in [-0.3, -0.25) is 14.2 Å². The number of rotatable bonds is 2. The van der Waals surface area contributed by atoms with Gasteiger partial charge in [-0.05, 0) is 24.6 Å². The molecule has 5 rings (SSSR count). The Morgan fingerprint density at radius 3 is 2.69 bits per heavy atom. The van der Waals surface area contributed by atoms with Gasteiger partial charge < -0.3 is 10.6 Å². The standard InChI is InChI=1S/C21H16F4N6O/c22-14-6-16-17(31-10-27-8-18(31)19(26)29-16)5-13(14)20(32)30-4-3-11(9-30)15-2-1-12(7-28-15)21(23,24)25/h1-2,5-8,10-11H,3-4,9H2,(H2,26,29). The average Bonchev–Trinajstić information content (AvgIpc) is 3.43. The van der Waals surface area contributed by atoms with Gasteiger partial charge in [-0.25, -0.2) is 14.4 Å². The topological polar surface area (TPSA) is 89.4 Å². The van der Waals surface area contributed by atoms with E-state index in [0.29, 0.717) is 29.7 Å². The lowest BCUT2D eigenvalue weighted by Crippen LogP contribution is -2.29. The Bertz CT molecular complexity index is 1350. The highest BCUT2D eigenvalue weighted by Crippen LogP contribution is 2.32. The molecule has 4 aromatic rings. The van der Waals surface area contributed by atoms with Gasteiger partial charge in [0.05, 0.1) is 34.7 Å². The van der Waals surface area contributed by atoms with Crippen molar-refractivity contribution in [3.8, 4) is 0 Å². The number of fused-ring (bicyclic) bond motifs is 3. The third kappa shape index (κ3) is 3.29. The van der Waals surface area contributed by atoms with Gasteiger partial charge in [0, 0.05) is 37.0 Å². The fraction of sp³-hybridized carbons (Fsp3) is 0.238. The molecule has 1 amide bonds. The largest absolute Gasteiger partial charge is 0.417 e. The van der Waals surface area contributed by atoms with E-state index < -0.39 is 23.5 Å². The summed E-state index contributed by atoms with van der Waals surface area (Å²) in [4.78, 5) is 26.7. The van der Waals surface area contributed by atoms with Crippen LogP contribution < -0.4 is 5.73 Å². The number of halogens is 4. The Balaban J connectivity index is 1.42. The summed E-state index contributed by atoms with van der Waals surface area (Å²) in [6.07, 6.45) is -0.128. The molecule has 0 bridgehead atoms. The zero-order valence-electron chi connectivity index (χ0n) is 16.5. The number of pyridine rings is 1. The Hall–Kier alpha value is -3.76. The summed E-state index contributed by atoms with van der Waals surface area (Å²) in [5.41, 5.74) is 6.70. The van der Waals surface area contributed by atoms with Gasteiger partial charge in [-0.1, -0.05) is 0 Å². The molecule has 3 aromatic heterocycles. The normalized spacial score (nSPS) is 16.9. The number of imidazole rings is 1. The molecular formula is C21H16F4N6O. The Labute approximate surface area is 178 Å². The number of carbonyl (C=O) groups is 1. The highest BCUT2D eigenvalue weighted by molar-refractivity contribution is 5.98. The lowest BCUT2D eigenvalue weighted by atomic mass is 10.0. The van der Waals surface area contributed by atoms with Gasteiger partial charge in [0.2, 0.25) is 0 Å². The molecule has 1 atom stereocenters. The highest BCUT2D eigenvalue weighted by Gasteiger charge is 2.33. The zero-order valence-corrected chi connectivity index (χ0v) is 16.5. The molecule has 1 aliphatic heterocycles.